The van der Waals surface area contributed by atoms with Crippen molar-refractivity contribution in [1.29, 1.82) is 0 Å². The third kappa shape index (κ3) is 2.82. The van der Waals surface area contributed by atoms with E-state index in [0.29, 0.717) is 35.2 Å². The second-order valence-corrected chi connectivity index (χ2v) is 8.99. The van der Waals surface area contributed by atoms with Crippen molar-refractivity contribution in [2.45, 2.75) is 50.7 Å². The van der Waals surface area contributed by atoms with Gasteiger partial charge in [0.25, 0.3) is 0 Å². The van der Waals surface area contributed by atoms with Gasteiger partial charge in [-0.1, -0.05) is 0 Å². The van der Waals surface area contributed by atoms with Gasteiger partial charge in [-0.05, 0) is 62.5 Å². The first kappa shape index (κ1) is 17.7. The Bertz CT molecular complexity index is 992. The van der Waals surface area contributed by atoms with E-state index in [1.165, 1.54) is 6.07 Å². The molecule has 4 aliphatic carbocycles. The van der Waals surface area contributed by atoms with Crippen molar-refractivity contribution in [1.82, 2.24) is 0 Å². The smallest absolute Gasteiger partial charge is 0.336 e. The number of benzene rings is 1. The summed E-state index contributed by atoms with van der Waals surface area (Å²) in [5.74, 6) is 1.17. The monoisotopic (exact) mass is 384 g/mol. The molecule has 4 saturated carbocycles. The Hall–Kier alpha value is -2.34. The quantitative estimate of drug-likeness (QED) is 0.644. The van der Waals surface area contributed by atoms with Crippen molar-refractivity contribution < 1.29 is 23.8 Å². The normalized spacial score (nSPS) is 33.2. The van der Waals surface area contributed by atoms with Crippen molar-refractivity contribution in [3.63, 3.8) is 0 Å². The number of hydrogen-bond donors (Lipinski definition) is 1. The van der Waals surface area contributed by atoms with Gasteiger partial charge >= 0.3 is 11.6 Å². The van der Waals surface area contributed by atoms with Gasteiger partial charge in [0.05, 0.1) is 18.1 Å². The molecule has 0 spiro atoms. The van der Waals surface area contributed by atoms with Gasteiger partial charge in [0.15, 0.2) is 0 Å². The summed E-state index contributed by atoms with van der Waals surface area (Å²) >= 11 is 0. The lowest BCUT2D eigenvalue weighted by molar-refractivity contribution is -0.197. The number of ether oxygens (including phenoxy) is 2. The van der Waals surface area contributed by atoms with Crippen LogP contribution < -0.4 is 10.4 Å². The largest absolute Gasteiger partial charge is 0.497 e. The minimum Gasteiger partial charge on any atom is -0.497 e. The fourth-order valence-electron chi connectivity index (χ4n) is 6.21. The van der Waals surface area contributed by atoms with Crippen molar-refractivity contribution in [3.8, 4) is 5.75 Å². The molecular formula is C22H24O6. The molecular weight excluding hydrogens is 360 g/mol. The van der Waals surface area contributed by atoms with E-state index in [4.69, 9.17) is 13.9 Å². The van der Waals surface area contributed by atoms with Gasteiger partial charge in [0, 0.05) is 23.1 Å². The summed E-state index contributed by atoms with van der Waals surface area (Å²) < 4.78 is 16.1. The van der Waals surface area contributed by atoms with Crippen LogP contribution in [-0.2, 0) is 16.1 Å². The lowest BCUT2D eigenvalue weighted by atomic mass is 9.48. The van der Waals surface area contributed by atoms with Crippen LogP contribution in [0.4, 0.5) is 0 Å². The summed E-state index contributed by atoms with van der Waals surface area (Å²) in [6, 6.07) is 6.60. The number of esters is 1. The van der Waals surface area contributed by atoms with Crippen LogP contribution in [0, 0.1) is 17.3 Å². The second kappa shape index (κ2) is 6.08. The van der Waals surface area contributed by atoms with E-state index in [1.54, 1.807) is 25.3 Å². The molecule has 0 saturated heterocycles. The second-order valence-electron chi connectivity index (χ2n) is 8.99. The summed E-state index contributed by atoms with van der Waals surface area (Å²) in [7, 11) is 1.55. The molecule has 0 aliphatic heterocycles. The average molecular weight is 384 g/mol. The van der Waals surface area contributed by atoms with Crippen molar-refractivity contribution in [2.24, 2.45) is 17.3 Å². The summed E-state index contributed by atoms with van der Waals surface area (Å²) in [5.41, 5.74) is -0.749. The maximum atomic E-state index is 13.1. The van der Waals surface area contributed by atoms with Crippen LogP contribution in [-0.4, -0.2) is 23.8 Å². The number of methoxy groups -OCH3 is 1. The number of aliphatic hydroxyl groups is 1. The number of carbonyl (C=O) groups is 1. The van der Waals surface area contributed by atoms with E-state index in [2.05, 4.69) is 0 Å². The Labute approximate surface area is 162 Å². The highest BCUT2D eigenvalue weighted by molar-refractivity contribution is 5.82. The van der Waals surface area contributed by atoms with Crippen LogP contribution in [0.15, 0.2) is 33.5 Å². The van der Waals surface area contributed by atoms with Gasteiger partial charge in [-0.3, -0.25) is 4.79 Å². The van der Waals surface area contributed by atoms with E-state index in [0.717, 1.165) is 37.5 Å². The molecule has 4 bridgehead atoms. The molecule has 1 aromatic heterocycles. The molecule has 0 amide bonds. The maximum Gasteiger partial charge on any atom is 0.336 e. The molecule has 1 heterocycles. The minimum absolute atomic E-state index is 0.0166. The Morgan fingerprint density at radius 2 is 1.96 bits per heavy atom. The third-order valence-corrected chi connectivity index (χ3v) is 6.86. The molecule has 6 heteroatoms. The Balaban J connectivity index is 1.39. The third-order valence-electron chi connectivity index (χ3n) is 6.86. The van der Waals surface area contributed by atoms with Gasteiger partial charge < -0.3 is 19.0 Å². The van der Waals surface area contributed by atoms with Crippen molar-refractivity contribution in [3.05, 3.63) is 40.2 Å². The Morgan fingerprint density at radius 1 is 1.21 bits per heavy atom. The van der Waals surface area contributed by atoms with E-state index in [9.17, 15) is 14.7 Å². The Kier molecular flexibility index (Phi) is 3.85. The molecule has 4 fully saturated rings. The molecule has 1 aromatic carbocycles. The lowest BCUT2D eigenvalue weighted by Crippen LogP contribution is -2.58. The highest BCUT2D eigenvalue weighted by Gasteiger charge is 2.60. The first-order valence-corrected chi connectivity index (χ1v) is 9.89. The van der Waals surface area contributed by atoms with Crippen LogP contribution in [0.2, 0.25) is 0 Å². The minimum atomic E-state index is -0.708. The summed E-state index contributed by atoms with van der Waals surface area (Å²) in [6.07, 6.45) is 4.85. The molecule has 28 heavy (non-hydrogen) atoms. The first-order chi connectivity index (χ1) is 13.4. The molecule has 2 atom stereocenters. The van der Waals surface area contributed by atoms with Crippen LogP contribution in [0.25, 0.3) is 11.0 Å². The molecule has 6 nitrogen and oxygen atoms in total. The van der Waals surface area contributed by atoms with Crippen molar-refractivity contribution >= 4 is 16.9 Å². The zero-order valence-corrected chi connectivity index (χ0v) is 15.9. The topological polar surface area (TPSA) is 86.0 Å². The molecule has 148 valence electrons. The fourth-order valence-corrected chi connectivity index (χ4v) is 6.21. The molecule has 0 radical (unpaired) electrons. The summed E-state index contributed by atoms with van der Waals surface area (Å²) in [5, 5.41) is 11.6. The summed E-state index contributed by atoms with van der Waals surface area (Å²) in [4.78, 5) is 25.0. The molecule has 4 aliphatic rings. The maximum absolute atomic E-state index is 13.1. The number of hydrogen-bond acceptors (Lipinski definition) is 6. The van der Waals surface area contributed by atoms with E-state index in [-0.39, 0.29) is 12.6 Å². The predicted octanol–water partition coefficient (Wildman–Crippen LogP) is 3.18. The Morgan fingerprint density at radius 3 is 2.64 bits per heavy atom. The van der Waals surface area contributed by atoms with Crippen LogP contribution in [0.5, 0.6) is 5.75 Å². The zero-order valence-electron chi connectivity index (χ0n) is 15.9. The predicted molar refractivity (Wildman–Crippen MR) is 101 cm³/mol. The fraction of sp³-hybridized carbons (Fsp3) is 0.545. The SMILES string of the molecule is COc1ccc2c(COC(=O)C34CC5CC(CC(O)(C5)C3)C4)cc(=O)oc2c1. The van der Waals surface area contributed by atoms with E-state index >= 15 is 0 Å². The van der Waals surface area contributed by atoms with Gasteiger partial charge in [-0.2, -0.15) is 0 Å². The van der Waals surface area contributed by atoms with Gasteiger partial charge in [0.2, 0.25) is 0 Å². The van der Waals surface area contributed by atoms with Gasteiger partial charge in [-0.25, -0.2) is 4.79 Å². The number of rotatable bonds is 4. The standard InChI is InChI=1S/C22H24O6/c1-26-16-2-3-17-15(5-19(23)28-18(17)6-16)11-27-20(24)21-7-13-4-14(8-21)10-22(25,9-13)12-21/h2-3,5-6,13-14,25H,4,7-12H2,1H3. The number of fused-ring (bicyclic) bond motifs is 1. The van der Waals surface area contributed by atoms with Crippen LogP contribution >= 0.6 is 0 Å². The molecule has 1 N–H and O–H groups in total. The molecule has 2 unspecified atom stereocenters. The van der Waals surface area contributed by atoms with Gasteiger partial charge in [0.1, 0.15) is 17.9 Å². The lowest BCUT2D eigenvalue weighted by Gasteiger charge is -2.58. The number of carbonyl (C=O) groups excluding carboxylic acids is 1. The van der Waals surface area contributed by atoms with Crippen LogP contribution in [0.1, 0.15) is 44.1 Å². The van der Waals surface area contributed by atoms with Crippen molar-refractivity contribution in [2.75, 3.05) is 7.11 Å². The highest BCUT2D eigenvalue weighted by atomic mass is 16.5. The summed E-state index contributed by atoms with van der Waals surface area (Å²) in [6.45, 7) is 0.0166. The first-order valence-electron chi connectivity index (χ1n) is 9.89. The van der Waals surface area contributed by atoms with E-state index in [1.807, 2.05) is 0 Å². The van der Waals surface area contributed by atoms with Crippen LogP contribution in [0.3, 0.4) is 0 Å². The zero-order chi connectivity index (χ0) is 19.5. The highest BCUT2D eigenvalue weighted by Crippen LogP contribution is 2.62. The molecule has 2 aromatic rings. The molecule has 6 rings (SSSR count). The average Bonchev–Trinajstić information content (AvgIpc) is 2.63. The van der Waals surface area contributed by atoms with Gasteiger partial charge in [-0.15, -0.1) is 0 Å². The van der Waals surface area contributed by atoms with E-state index < -0.39 is 16.6 Å².